The molecule has 1 heterocycles. The zero-order valence-electron chi connectivity index (χ0n) is 10.2. The third-order valence-corrected chi connectivity index (χ3v) is 3.49. The van der Waals surface area contributed by atoms with Crippen LogP contribution in [0.5, 0.6) is 5.75 Å². The average Bonchev–Trinajstić information content (AvgIpc) is 2.36. The lowest BCUT2D eigenvalue weighted by Crippen LogP contribution is -2.17. The number of hydrogen-bond acceptors (Lipinski definition) is 3. The van der Waals surface area contributed by atoms with Crippen molar-refractivity contribution < 1.29 is 5.11 Å². The van der Waals surface area contributed by atoms with Crippen LogP contribution in [0, 0.1) is 0 Å². The highest BCUT2D eigenvalue weighted by atomic mass is 35.5. The first-order valence-electron chi connectivity index (χ1n) is 5.68. The molecule has 0 saturated carbocycles. The minimum Gasteiger partial charge on any atom is -0.504 e. The van der Waals surface area contributed by atoms with Crippen LogP contribution in [0.25, 0.3) is 10.9 Å². The van der Waals surface area contributed by atoms with Gasteiger partial charge in [-0.1, -0.05) is 30.1 Å². The number of hydrogen-bond donors (Lipinski definition) is 1. The lowest BCUT2D eigenvalue weighted by molar-refractivity contribution is 0.341. The van der Waals surface area contributed by atoms with E-state index in [9.17, 15) is 5.11 Å². The van der Waals surface area contributed by atoms with Gasteiger partial charge in [-0.2, -0.15) is 0 Å². The van der Waals surface area contributed by atoms with Crippen molar-refractivity contribution in [3.63, 3.8) is 0 Å². The van der Waals surface area contributed by atoms with E-state index in [2.05, 4.69) is 16.8 Å². The van der Waals surface area contributed by atoms with E-state index in [1.807, 2.05) is 19.2 Å². The van der Waals surface area contributed by atoms with E-state index in [0.717, 1.165) is 18.8 Å². The number of phenols is 1. The second-order valence-corrected chi connectivity index (χ2v) is 5.03. The largest absolute Gasteiger partial charge is 0.504 e. The van der Waals surface area contributed by atoms with E-state index < -0.39 is 0 Å². The molecular formula is C13H14Cl2N2O. The van der Waals surface area contributed by atoms with Crippen LogP contribution >= 0.6 is 23.2 Å². The molecule has 0 saturated heterocycles. The van der Waals surface area contributed by atoms with Crippen molar-refractivity contribution >= 4 is 34.1 Å². The monoisotopic (exact) mass is 284 g/mol. The Kier molecular flexibility index (Phi) is 3.95. The molecule has 1 aromatic carbocycles. The van der Waals surface area contributed by atoms with Gasteiger partial charge < -0.3 is 10.0 Å². The smallest absolute Gasteiger partial charge is 0.160 e. The second kappa shape index (κ2) is 5.31. The van der Waals surface area contributed by atoms with E-state index in [-0.39, 0.29) is 10.8 Å². The van der Waals surface area contributed by atoms with Gasteiger partial charge in [-0.15, -0.1) is 0 Å². The minimum absolute atomic E-state index is 0.0166. The van der Waals surface area contributed by atoms with Gasteiger partial charge in [0.15, 0.2) is 5.75 Å². The molecular weight excluding hydrogens is 271 g/mol. The maximum atomic E-state index is 9.93. The van der Waals surface area contributed by atoms with Gasteiger partial charge in [0.05, 0.1) is 15.7 Å². The third-order valence-electron chi connectivity index (χ3n) is 2.89. The summed E-state index contributed by atoms with van der Waals surface area (Å²) in [5.41, 5.74) is 1.33. The topological polar surface area (TPSA) is 36.4 Å². The summed E-state index contributed by atoms with van der Waals surface area (Å²) in [7, 11) is 2.01. The fourth-order valence-electron chi connectivity index (χ4n) is 1.72. The van der Waals surface area contributed by atoms with Gasteiger partial charge in [-0.05, 0) is 31.8 Å². The zero-order chi connectivity index (χ0) is 13.3. The number of nitrogens with zero attached hydrogens (tertiary/aromatic N) is 2. The fraction of sp³-hybridized carbons (Fsp3) is 0.308. The molecule has 0 aliphatic carbocycles. The van der Waals surface area contributed by atoms with Gasteiger partial charge in [-0.25, -0.2) is 4.98 Å². The van der Waals surface area contributed by atoms with Crippen LogP contribution in [0.3, 0.4) is 0 Å². The molecule has 0 atom stereocenters. The van der Waals surface area contributed by atoms with Crippen LogP contribution in [0.15, 0.2) is 18.2 Å². The number of fused-ring (bicyclic) bond motifs is 1. The maximum absolute atomic E-state index is 9.93. The SMILES string of the molecule is CCN(C)Cc1ccc2c(Cl)cc(Cl)c(O)c2n1. The fourth-order valence-corrected chi connectivity index (χ4v) is 2.24. The average molecular weight is 285 g/mol. The summed E-state index contributed by atoms with van der Waals surface area (Å²) in [6, 6.07) is 5.30. The Balaban J connectivity index is 2.53. The van der Waals surface area contributed by atoms with Crippen molar-refractivity contribution in [3.05, 3.63) is 33.9 Å². The highest BCUT2D eigenvalue weighted by Crippen LogP contribution is 2.36. The Morgan fingerprint density at radius 2 is 2.00 bits per heavy atom. The molecule has 1 aromatic heterocycles. The third kappa shape index (κ3) is 2.53. The molecule has 0 aliphatic rings. The predicted octanol–water partition coefficient (Wildman–Crippen LogP) is 3.70. The van der Waals surface area contributed by atoms with E-state index in [1.54, 1.807) is 0 Å². The van der Waals surface area contributed by atoms with Gasteiger partial charge in [0.25, 0.3) is 0 Å². The molecule has 3 nitrogen and oxygen atoms in total. The summed E-state index contributed by atoms with van der Waals surface area (Å²) < 4.78 is 0. The second-order valence-electron chi connectivity index (χ2n) is 4.22. The van der Waals surface area contributed by atoms with Crippen molar-refractivity contribution in [3.8, 4) is 5.75 Å². The molecule has 0 unspecified atom stereocenters. The van der Waals surface area contributed by atoms with Crippen LogP contribution in [-0.4, -0.2) is 28.6 Å². The first-order chi connectivity index (χ1) is 8.52. The minimum atomic E-state index is -0.0166. The molecule has 0 aliphatic heterocycles. The van der Waals surface area contributed by atoms with Crippen LogP contribution in [0.1, 0.15) is 12.6 Å². The summed E-state index contributed by atoms with van der Waals surface area (Å²) in [4.78, 5) is 6.55. The molecule has 0 bridgehead atoms. The molecule has 0 radical (unpaired) electrons. The Bertz CT molecular complexity index is 587. The van der Waals surface area contributed by atoms with Crippen molar-refractivity contribution in [2.45, 2.75) is 13.5 Å². The Hall–Kier alpha value is -1.03. The number of aromatic nitrogens is 1. The summed E-state index contributed by atoms with van der Waals surface area (Å²) in [5, 5.41) is 11.4. The van der Waals surface area contributed by atoms with Crippen molar-refractivity contribution in [2.75, 3.05) is 13.6 Å². The first-order valence-corrected chi connectivity index (χ1v) is 6.43. The normalized spacial score (nSPS) is 11.4. The van der Waals surface area contributed by atoms with E-state index in [4.69, 9.17) is 23.2 Å². The quantitative estimate of drug-likeness (QED) is 0.934. The molecule has 5 heteroatoms. The van der Waals surface area contributed by atoms with Crippen LogP contribution in [0.4, 0.5) is 0 Å². The van der Waals surface area contributed by atoms with Crippen molar-refractivity contribution in [1.82, 2.24) is 9.88 Å². The molecule has 2 rings (SSSR count). The van der Waals surface area contributed by atoms with Gasteiger partial charge in [0.2, 0.25) is 0 Å². The van der Waals surface area contributed by atoms with E-state index in [1.165, 1.54) is 6.07 Å². The number of benzene rings is 1. The van der Waals surface area contributed by atoms with E-state index >= 15 is 0 Å². The Labute approximate surface area is 116 Å². The number of phenolic OH excluding ortho intramolecular Hbond substituents is 1. The maximum Gasteiger partial charge on any atom is 0.160 e. The highest BCUT2D eigenvalue weighted by molar-refractivity contribution is 6.39. The van der Waals surface area contributed by atoms with Gasteiger partial charge in [0.1, 0.15) is 5.52 Å². The first kappa shape index (κ1) is 13.4. The molecule has 0 amide bonds. The summed E-state index contributed by atoms with van der Waals surface area (Å²) in [5.74, 6) is -0.0166. The number of pyridine rings is 1. The van der Waals surface area contributed by atoms with Crippen LogP contribution in [0.2, 0.25) is 10.0 Å². The van der Waals surface area contributed by atoms with Gasteiger partial charge in [0, 0.05) is 11.9 Å². The number of halogens is 2. The summed E-state index contributed by atoms with van der Waals surface area (Å²) in [6.45, 7) is 3.73. The summed E-state index contributed by atoms with van der Waals surface area (Å²) in [6.07, 6.45) is 0. The van der Waals surface area contributed by atoms with Crippen LogP contribution in [-0.2, 0) is 6.54 Å². The Morgan fingerprint density at radius 3 is 2.67 bits per heavy atom. The van der Waals surface area contributed by atoms with E-state index in [0.29, 0.717) is 15.9 Å². The van der Waals surface area contributed by atoms with Crippen molar-refractivity contribution in [2.24, 2.45) is 0 Å². The predicted molar refractivity (Wildman–Crippen MR) is 75.4 cm³/mol. The number of aromatic hydroxyl groups is 1. The molecule has 18 heavy (non-hydrogen) atoms. The lowest BCUT2D eigenvalue weighted by atomic mass is 10.2. The van der Waals surface area contributed by atoms with Gasteiger partial charge >= 0.3 is 0 Å². The lowest BCUT2D eigenvalue weighted by Gasteiger charge is -2.14. The zero-order valence-corrected chi connectivity index (χ0v) is 11.8. The standard InChI is InChI=1S/C13H14Cl2N2O/c1-3-17(2)7-8-4-5-9-10(14)6-11(15)13(18)12(9)16-8/h4-6,18H,3,7H2,1-2H3. The Morgan fingerprint density at radius 1 is 1.28 bits per heavy atom. The van der Waals surface area contributed by atoms with Crippen LogP contribution < -0.4 is 0 Å². The molecule has 96 valence electrons. The molecule has 0 spiro atoms. The molecule has 2 aromatic rings. The molecule has 0 fully saturated rings. The highest BCUT2D eigenvalue weighted by Gasteiger charge is 2.11. The van der Waals surface area contributed by atoms with Gasteiger partial charge in [-0.3, -0.25) is 0 Å². The summed E-state index contributed by atoms with van der Waals surface area (Å²) >= 11 is 12.0. The number of rotatable bonds is 3. The van der Waals surface area contributed by atoms with Crippen molar-refractivity contribution in [1.29, 1.82) is 0 Å². The molecule has 1 N–H and O–H groups in total.